The Balaban J connectivity index is 1.51. The number of furan rings is 1. The lowest BCUT2D eigenvalue weighted by atomic mass is 10.1. The summed E-state index contributed by atoms with van der Waals surface area (Å²) >= 11 is 0. The summed E-state index contributed by atoms with van der Waals surface area (Å²) in [4.78, 5) is 30.9. The van der Waals surface area contributed by atoms with Gasteiger partial charge in [-0.25, -0.2) is 4.98 Å². The number of hydrogen-bond donors (Lipinski definition) is 2. The summed E-state index contributed by atoms with van der Waals surface area (Å²) < 4.78 is 16.8. The van der Waals surface area contributed by atoms with Gasteiger partial charge in [-0.15, -0.1) is 0 Å². The van der Waals surface area contributed by atoms with E-state index in [9.17, 15) is 9.59 Å². The highest BCUT2D eigenvalue weighted by Gasteiger charge is 2.24. The van der Waals surface area contributed by atoms with E-state index < -0.39 is 11.5 Å². The van der Waals surface area contributed by atoms with Crippen LogP contribution in [0.25, 0.3) is 11.1 Å². The van der Waals surface area contributed by atoms with Crippen LogP contribution in [-0.2, 0) is 0 Å². The normalized spacial score (nSPS) is 16.0. The summed E-state index contributed by atoms with van der Waals surface area (Å²) in [7, 11) is 0. The van der Waals surface area contributed by atoms with Crippen molar-refractivity contribution < 1.29 is 18.7 Å². The lowest BCUT2D eigenvalue weighted by Crippen LogP contribution is -2.41. The minimum absolute atomic E-state index is 0.137. The van der Waals surface area contributed by atoms with E-state index in [1.165, 1.54) is 6.33 Å². The van der Waals surface area contributed by atoms with E-state index in [4.69, 9.17) is 13.9 Å². The van der Waals surface area contributed by atoms with E-state index in [1.807, 2.05) is 24.3 Å². The van der Waals surface area contributed by atoms with Gasteiger partial charge in [0.2, 0.25) is 5.71 Å². The Bertz CT molecular complexity index is 1010. The summed E-state index contributed by atoms with van der Waals surface area (Å²) in [6.07, 6.45) is 0.911. The molecule has 0 spiro atoms. The van der Waals surface area contributed by atoms with Crippen molar-refractivity contribution in [3.8, 4) is 11.5 Å². The smallest absolute Gasteiger partial charge is 0.262 e. The Morgan fingerprint density at radius 3 is 3.00 bits per heavy atom. The van der Waals surface area contributed by atoms with Gasteiger partial charge in [-0.3, -0.25) is 9.59 Å². The monoisotopic (exact) mass is 341 g/mol. The summed E-state index contributed by atoms with van der Waals surface area (Å²) in [6, 6.07) is 7.35. The van der Waals surface area contributed by atoms with Gasteiger partial charge in [-0.05, 0) is 19.1 Å². The molecule has 0 saturated heterocycles. The maximum absolute atomic E-state index is 12.5. The topological polar surface area (TPSA) is 106 Å². The van der Waals surface area contributed by atoms with Crippen LogP contribution >= 0.6 is 0 Å². The number of aromatic nitrogens is 2. The van der Waals surface area contributed by atoms with Gasteiger partial charge in [0, 0.05) is 0 Å². The Morgan fingerprint density at radius 1 is 1.36 bits per heavy atom. The predicted molar refractivity (Wildman–Crippen MR) is 88.1 cm³/mol. The highest BCUT2D eigenvalue weighted by molar-refractivity contribution is 6.06. The predicted octanol–water partition coefficient (Wildman–Crippen LogP) is 1.39. The van der Waals surface area contributed by atoms with Crippen LogP contribution in [0.5, 0.6) is 11.5 Å². The highest BCUT2D eigenvalue weighted by Crippen LogP contribution is 2.30. The molecule has 3 aromatic rings. The average molecular weight is 341 g/mol. The van der Waals surface area contributed by atoms with Crippen LogP contribution in [0.1, 0.15) is 16.1 Å². The maximum Gasteiger partial charge on any atom is 0.262 e. The van der Waals surface area contributed by atoms with Gasteiger partial charge in [-0.2, -0.15) is 0 Å². The minimum Gasteiger partial charge on any atom is -0.486 e. The number of carbonyl (C=O) groups is 1. The number of fused-ring (bicyclic) bond motifs is 2. The molecule has 0 radical (unpaired) electrons. The molecule has 3 heterocycles. The molecule has 1 atom stereocenters. The lowest BCUT2D eigenvalue weighted by Gasteiger charge is -2.26. The first-order valence-corrected chi connectivity index (χ1v) is 7.77. The van der Waals surface area contributed by atoms with Crippen molar-refractivity contribution in [1.82, 2.24) is 15.3 Å². The molecule has 0 saturated carbocycles. The Morgan fingerprint density at radius 2 is 2.16 bits per heavy atom. The second-order valence-corrected chi connectivity index (χ2v) is 5.65. The molecule has 8 heteroatoms. The van der Waals surface area contributed by atoms with Gasteiger partial charge in [-0.1, -0.05) is 12.1 Å². The lowest BCUT2D eigenvalue weighted by molar-refractivity contribution is 0.0789. The van der Waals surface area contributed by atoms with E-state index in [1.54, 1.807) is 6.92 Å². The first-order chi connectivity index (χ1) is 12.1. The van der Waals surface area contributed by atoms with E-state index in [0.29, 0.717) is 23.9 Å². The molecule has 1 aliphatic rings. The van der Waals surface area contributed by atoms with Crippen LogP contribution in [0.2, 0.25) is 0 Å². The number of aryl methyl sites for hydroxylation is 1. The van der Waals surface area contributed by atoms with Crippen LogP contribution in [0.15, 0.2) is 39.8 Å². The minimum atomic E-state index is -0.419. The van der Waals surface area contributed by atoms with Gasteiger partial charge < -0.3 is 24.2 Å². The molecule has 0 aliphatic carbocycles. The molecule has 4 rings (SSSR count). The molecule has 0 fully saturated rings. The van der Waals surface area contributed by atoms with Crippen molar-refractivity contribution in [2.75, 3.05) is 13.2 Å². The standard InChI is InChI=1S/C17H15N3O5/c1-9-13(14-16(22)19-8-20-17(14)24-9)15(21)18-6-10-7-23-11-4-2-3-5-12(11)25-10/h2-5,8,10H,6-7H2,1H3,(H,18,21)(H,19,20,22)/t10-/m1/s1. The first kappa shape index (κ1) is 15.3. The number of ether oxygens (including phenoxy) is 2. The molecule has 0 unspecified atom stereocenters. The van der Waals surface area contributed by atoms with Gasteiger partial charge >= 0.3 is 0 Å². The third-order valence-electron chi connectivity index (χ3n) is 3.96. The Kier molecular flexibility index (Phi) is 3.64. The van der Waals surface area contributed by atoms with Crippen LogP contribution in [0.4, 0.5) is 0 Å². The van der Waals surface area contributed by atoms with Gasteiger partial charge in [0.05, 0.1) is 18.4 Å². The molecule has 2 N–H and O–H groups in total. The Hall–Kier alpha value is -3.29. The fourth-order valence-electron chi connectivity index (χ4n) is 2.79. The van der Waals surface area contributed by atoms with Gasteiger partial charge in [0.15, 0.2) is 11.5 Å². The summed E-state index contributed by atoms with van der Waals surface area (Å²) in [5, 5.41) is 2.90. The number of benzene rings is 1. The molecule has 1 aromatic carbocycles. The average Bonchev–Trinajstić information content (AvgIpc) is 2.97. The highest BCUT2D eigenvalue weighted by atomic mass is 16.6. The number of aromatic amines is 1. The number of nitrogens with one attached hydrogen (secondary N) is 2. The van der Waals surface area contributed by atoms with Crippen molar-refractivity contribution in [3.05, 3.63) is 52.3 Å². The molecule has 128 valence electrons. The van der Waals surface area contributed by atoms with Crippen LogP contribution in [-0.4, -0.2) is 35.1 Å². The number of nitrogens with zero attached hydrogens (tertiary/aromatic N) is 1. The SMILES string of the molecule is Cc1oc2nc[nH]c(=O)c2c1C(=O)NC[C@@H]1COc2ccccc2O1. The van der Waals surface area contributed by atoms with E-state index in [2.05, 4.69) is 15.3 Å². The molecule has 25 heavy (non-hydrogen) atoms. The molecule has 8 nitrogen and oxygen atoms in total. The Labute approximate surface area is 141 Å². The van der Waals surface area contributed by atoms with Crippen molar-refractivity contribution in [1.29, 1.82) is 0 Å². The van der Waals surface area contributed by atoms with E-state index in [0.717, 1.165) is 0 Å². The zero-order chi connectivity index (χ0) is 17.4. The molecule has 2 aromatic heterocycles. The molecule has 1 aliphatic heterocycles. The molecular weight excluding hydrogens is 326 g/mol. The van der Waals surface area contributed by atoms with Crippen molar-refractivity contribution in [2.24, 2.45) is 0 Å². The van der Waals surface area contributed by atoms with Crippen molar-refractivity contribution in [3.63, 3.8) is 0 Å². The van der Waals surface area contributed by atoms with Gasteiger partial charge in [0.25, 0.3) is 11.5 Å². The third-order valence-corrected chi connectivity index (χ3v) is 3.96. The molecular formula is C17H15N3O5. The number of carbonyl (C=O) groups excluding carboxylic acids is 1. The zero-order valence-corrected chi connectivity index (χ0v) is 13.4. The third kappa shape index (κ3) is 2.71. The maximum atomic E-state index is 12.5. The zero-order valence-electron chi connectivity index (χ0n) is 13.4. The van der Waals surface area contributed by atoms with E-state index in [-0.39, 0.29) is 29.3 Å². The quantitative estimate of drug-likeness (QED) is 0.746. The molecule has 0 bridgehead atoms. The van der Waals surface area contributed by atoms with Gasteiger partial charge in [0.1, 0.15) is 23.9 Å². The van der Waals surface area contributed by atoms with Crippen LogP contribution in [0.3, 0.4) is 0 Å². The number of rotatable bonds is 3. The summed E-state index contributed by atoms with van der Waals surface area (Å²) in [5.74, 6) is 1.23. The van der Waals surface area contributed by atoms with Crippen molar-refractivity contribution in [2.45, 2.75) is 13.0 Å². The number of hydrogen-bond acceptors (Lipinski definition) is 6. The number of para-hydroxylation sites is 2. The largest absolute Gasteiger partial charge is 0.486 e. The fourth-order valence-corrected chi connectivity index (χ4v) is 2.79. The number of H-pyrrole nitrogens is 1. The van der Waals surface area contributed by atoms with Crippen LogP contribution < -0.4 is 20.3 Å². The second-order valence-electron chi connectivity index (χ2n) is 5.65. The fraction of sp³-hybridized carbons (Fsp3) is 0.235. The second kappa shape index (κ2) is 5.97. The summed E-state index contributed by atoms with van der Waals surface area (Å²) in [5.41, 5.74) is -0.0998. The van der Waals surface area contributed by atoms with Crippen molar-refractivity contribution >= 4 is 17.0 Å². The number of amides is 1. The summed E-state index contributed by atoms with van der Waals surface area (Å²) in [6.45, 7) is 2.18. The molecule has 1 amide bonds. The van der Waals surface area contributed by atoms with E-state index >= 15 is 0 Å². The first-order valence-electron chi connectivity index (χ1n) is 7.77. The van der Waals surface area contributed by atoms with Crippen LogP contribution in [0, 0.1) is 6.92 Å².